The van der Waals surface area contributed by atoms with E-state index in [4.69, 9.17) is 11.6 Å². The van der Waals surface area contributed by atoms with Crippen molar-refractivity contribution >= 4 is 55.6 Å². The van der Waals surface area contributed by atoms with Crippen molar-refractivity contribution in [2.24, 2.45) is 4.99 Å². The molecule has 0 unspecified atom stereocenters. The molecule has 1 amide bonds. The number of amidine groups is 1. The van der Waals surface area contributed by atoms with Gasteiger partial charge in [0, 0.05) is 16.4 Å². The normalized spacial score (nSPS) is 22.0. The summed E-state index contributed by atoms with van der Waals surface area (Å²) in [4.78, 5) is 19.1. The molecule has 158 valence electrons. The van der Waals surface area contributed by atoms with Crippen molar-refractivity contribution in [3.8, 4) is 0 Å². The van der Waals surface area contributed by atoms with Crippen LogP contribution >= 0.6 is 23.4 Å². The fourth-order valence-electron chi connectivity index (χ4n) is 3.75. The Kier molecular flexibility index (Phi) is 5.83. The van der Waals surface area contributed by atoms with Gasteiger partial charge in [-0.3, -0.25) is 9.79 Å². The third kappa shape index (κ3) is 4.50. The number of amides is 1. The maximum Gasteiger partial charge on any atom is 0.234 e. The summed E-state index contributed by atoms with van der Waals surface area (Å²) in [6, 6.07) is 12.6. The van der Waals surface area contributed by atoms with Crippen LogP contribution in [0.25, 0.3) is 0 Å². The largest absolute Gasteiger partial charge is 0.325 e. The Labute approximate surface area is 185 Å². The van der Waals surface area contributed by atoms with Gasteiger partial charge in [-0.1, -0.05) is 41.6 Å². The van der Waals surface area contributed by atoms with Gasteiger partial charge in [0.25, 0.3) is 0 Å². The number of hydrogen-bond acceptors (Lipinski definition) is 6. The molecule has 4 rings (SSSR count). The van der Waals surface area contributed by atoms with Gasteiger partial charge in [-0.25, -0.2) is 8.42 Å². The number of fused-ring (bicyclic) bond motifs is 1. The van der Waals surface area contributed by atoms with E-state index in [1.54, 1.807) is 12.1 Å². The first-order chi connectivity index (χ1) is 14.2. The summed E-state index contributed by atoms with van der Waals surface area (Å²) in [6.45, 7) is 3.93. The number of nitrogens with zero attached hydrogens (tertiary/aromatic N) is 2. The second kappa shape index (κ2) is 8.24. The highest BCUT2D eigenvalue weighted by Crippen LogP contribution is 2.36. The van der Waals surface area contributed by atoms with Gasteiger partial charge in [-0.05, 0) is 49.2 Å². The van der Waals surface area contributed by atoms with Crippen LogP contribution in [0.1, 0.15) is 11.1 Å². The van der Waals surface area contributed by atoms with Crippen LogP contribution in [0.5, 0.6) is 0 Å². The van der Waals surface area contributed by atoms with Crippen molar-refractivity contribution in [3.63, 3.8) is 0 Å². The van der Waals surface area contributed by atoms with Crippen LogP contribution in [0.2, 0.25) is 5.02 Å². The lowest BCUT2D eigenvalue weighted by atomic mass is 10.1. The summed E-state index contributed by atoms with van der Waals surface area (Å²) in [5.41, 5.74) is 3.65. The van der Waals surface area contributed by atoms with Crippen LogP contribution in [-0.4, -0.2) is 48.8 Å². The molecule has 0 aliphatic carbocycles. The summed E-state index contributed by atoms with van der Waals surface area (Å²) in [5, 5.41) is 4.17. The molecular formula is C21H22ClN3O3S2. The molecular weight excluding hydrogens is 442 g/mol. The molecule has 2 atom stereocenters. The maximum absolute atomic E-state index is 12.6. The van der Waals surface area contributed by atoms with E-state index in [2.05, 4.69) is 10.3 Å². The predicted octanol–water partition coefficient (Wildman–Crippen LogP) is 3.67. The molecule has 1 saturated heterocycles. The number of sulfone groups is 1. The molecule has 1 N–H and O–H groups in total. The molecule has 2 aromatic rings. The quantitative estimate of drug-likeness (QED) is 0.748. The minimum Gasteiger partial charge on any atom is -0.325 e. The number of rotatable bonds is 4. The van der Waals surface area contributed by atoms with E-state index in [0.29, 0.717) is 10.2 Å². The number of hydrogen-bond donors (Lipinski definition) is 1. The van der Waals surface area contributed by atoms with Crippen LogP contribution in [0.3, 0.4) is 0 Å². The van der Waals surface area contributed by atoms with E-state index in [1.165, 1.54) is 11.8 Å². The van der Waals surface area contributed by atoms with Gasteiger partial charge in [-0.15, -0.1) is 0 Å². The summed E-state index contributed by atoms with van der Waals surface area (Å²) >= 11 is 7.47. The van der Waals surface area contributed by atoms with E-state index in [0.717, 1.165) is 22.5 Å². The summed E-state index contributed by atoms with van der Waals surface area (Å²) in [6.07, 6.45) is 0. The Hall–Kier alpha value is -2.03. The van der Waals surface area contributed by atoms with Crippen molar-refractivity contribution in [3.05, 3.63) is 58.6 Å². The Morgan fingerprint density at radius 1 is 1.23 bits per heavy atom. The average molecular weight is 464 g/mol. The number of aryl methyl sites for hydroxylation is 2. The van der Waals surface area contributed by atoms with Gasteiger partial charge in [0.2, 0.25) is 5.91 Å². The van der Waals surface area contributed by atoms with E-state index in [1.807, 2.05) is 49.1 Å². The van der Waals surface area contributed by atoms with E-state index in [9.17, 15) is 13.2 Å². The monoisotopic (exact) mass is 463 g/mol. The molecule has 1 fully saturated rings. The SMILES string of the molecule is Cc1ccc(C)c(NC(=O)CSC2=N[C@@H]3CS(=O)(=O)C[C@@H]3N2c2cccc(Cl)c2)c1. The molecule has 2 heterocycles. The van der Waals surface area contributed by atoms with Crippen LogP contribution in [0.15, 0.2) is 47.5 Å². The summed E-state index contributed by atoms with van der Waals surface area (Å²) in [5.74, 6) is 0.127. The second-order valence-electron chi connectivity index (χ2n) is 7.63. The zero-order valence-electron chi connectivity index (χ0n) is 16.6. The molecule has 30 heavy (non-hydrogen) atoms. The zero-order valence-corrected chi connectivity index (χ0v) is 19.0. The van der Waals surface area contributed by atoms with Crippen LogP contribution in [0.4, 0.5) is 11.4 Å². The predicted molar refractivity (Wildman–Crippen MR) is 125 cm³/mol. The summed E-state index contributed by atoms with van der Waals surface area (Å²) < 4.78 is 24.3. The first-order valence-electron chi connectivity index (χ1n) is 9.55. The molecule has 0 radical (unpaired) electrons. The third-order valence-corrected chi connectivity index (χ3v) is 8.09. The topological polar surface area (TPSA) is 78.8 Å². The van der Waals surface area contributed by atoms with Crippen molar-refractivity contribution < 1.29 is 13.2 Å². The molecule has 2 aliphatic rings. The molecule has 6 nitrogen and oxygen atoms in total. The molecule has 0 bridgehead atoms. The first kappa shape index (κ1) is 21.2. The lowest BCUT2D eigenvalue weighted by Gasteiger charge is -2.26. The van der Waals surface area contributed by atoms with Gasteiger partial charge < -0.3 is 10.2 Å². The van der Waals surface area contributed by atoms with Gasteiger partial charge >= 0.3 is 0 Å². The Morgan fingerprint density at radius 3 is 2.80 bits per heavy atom. The van der Waals surface area contributed by atoms with Gasteiger partial charge in [0.05, 0.1) is 29.3 Å². The van der Waals surface area contributed by atoms with E-state index in [-0.39, 0.29) is 35.2 Å². The number of halogens is 1. The van der Waals surface area contributed by atoms with Crippen LogP contribution in [0, 0.1) is 13.8 Å². The second-order valence-corrected chi connectivity index (χ2v) is 11.2. The third-order valence-electron chi connectivity index (χ3n) is 5.19. The smallest absolute Gasteiger partial charge is 0.234 e. The number of nitrogens with one attached hydrogen (secondary N) is 1. The van der Waals surface area contributed by atoms with Crippen LogP contribution < -0.4 is 10.2 Å². The number of thioether (sulfide) groups is 1. The number of aliphatic imine (C=N–C) groups is 1. The fourth-order valence-corrected chi connectivity index (χ4v) is 6.70. The molecule has 0 spiro atoms. The fraction of sp³-hybridized carbons (Fsp3) is 0.333. The Morgan fingerprint density at radius 2 is 2.03 bits per heavy atom. The molecule has 0 saturated carbocycles. The van der Waals surface area contributed by atoms with E-state index >= 15 is 0 Å². The maximum atomic E-state index is 12.6. The number of carbonyl (C=O) groups excluding carboxylic acids is 1. The van der Waals surface area contributed by atoms with E-state index < -0.39 is 9.84 Å². The molecule has 9 heteroatoms. The molecule has 2 aliphatic heterocycles. The molecule has 0 aromatic heterocycles. The van der Waals surface area contributed by atoms with Gasteiger partial charge in [0.1, 0.15) is 0 Å². The Bertz CT molecular complexity index is 1130. The van der Waals surface area contributed by atoms with Crippen LogP contribution in [-0.2, 0) is 14.6 Å². The number of carbonyl (C=O) groups is 1. The number of benzene rings is 2. The van der Waals surface area contributed by atoms with Crippen molar-refractivity contribution in [1.82, 2.24) is 0 Å². The first-order valence-corrected chi connectivity index (χ1v) is 12.7. The highest BCUT2D eigenvalue weighted by atomic mass is 35.5. The van der Waals surface area contributed by atoms with Crippen molar-refractivity contribution in [2.75, 3.05) is 27.5 Å². The highest BCUT2D eigenvalue weighted by molar-refractivity contribution is 8.14. The minimum absolute atomic E-state index is 0.0352. The van der Waals surface area contributed by atoms with Gasteiger partial charge in [0.15, 0.2) is 15.0 Å². The lowest BCUT2D eigenvalue weighted by molar-refractivity contribution is -0.113. The van der Waals surface area contributed by atoms with Crippen molar-refractivity contribution in [1.29, 1.82) is 0 Å². The highest BCUT2D eigenvalue weighted by Gasteiger charge is 2.47. The van der Waals surface area contributed by atoms with Gasteiger partial charge in [-0.2, -0.15) is 0 Å². The average Bonchev–Trinajstić information content (AvgIpc) is 3.14. The zero-order chi connectivity index (χ0) is 21.5. The number of anilines is 2. The standard InChI is InChI=1S/C21H22ClN3O3S2/c1-13-6-7-14(2)17(8-13)23-20(26)10-29-21-24-18-11-30(27,28)12-19(18)25(21)16-5-3-4-15(22)9-16/h3-9,18-19H,10-12H2,1-2H3,(H,23,26)/t18-,19+/m1/s1. The minimum atomic E-state index is -3.13. The Balaban J connectivity index is 1.51. The lowest BCUT2D eigenvalue weighted by Crippen LogP contribution is -2.39. The molecule has 2 aromatic carbocycles. The summed E-state index contributed by atoms with van der Waals surface area (Å²) in [7, 11) is -3.13. The van der Waals surface area contributed by atoms with Crippen molar-refractivity contribution in [2.45, 2.75) is 25.9 Å².